The summed E-state index contributed by atoms with van der Waals surface area (Å²) in [6, 6.07) is 5.69. The Morgan fingerprint density at radius 3 is 2.89 bits per heavy atom. The van der Waals surface area contributed by atoms with Crippen molar-refractivity contribution < 1.29 is 9.53 Å². The molecule has 0 radical (unpaired) electrons. The third-order valence-corrected chi connectivity index (χ3v) is 2.97. The number of hydrogen-bond donors (Lipinski definition) is 1. The van der Waals surface area contributed by atoms with Crippen molar-refractivity contribution in [3.8, 4) is 5.75 Å². The molecule has 1 aromatic carbocycles. The fourth-order valence-corrected chi connectivity index (χ4v) is 2.11. The van der Waals surface area contributed by atoms with Crippen LogP contribution in [0, 0.1) is 6.92 Å². The molecule has 0 atom stereocenters. The van der Waals surface area contributed by atoms with Gasteiger partial charge in [-0.1, -0.05) is 0 Å². The summed E-state index contributed by atoms with van der Waals surface area (Å²) in [7, 11) is 0. The number of benzene rings is 1. The maximum Gasteiger partial charge on any atom is 0.257 e. The smallest absolute Gasteiger partial charge is 0.257 e. The van der Waals surface area contributed by atoms with Crippen LogP contribution >= 0.6 is 0 Å². The van der Waals surface area contributed by atoms with Crippen LogP contribution in [0.15, 0.2) is 18.2 Å². The number of aryl methyl sites for hydroxylation is 2. The van der Waals surface area contributed by atoms with E-state index in [0.717, 1.165) is 23.4 Å². The highest BCUT2D eigenvalue weighted by atomic mass is 16.5. The lowest BCUT2D eigenvalue weighted by atomic mass is 10.3. The molecular weight excluding hydrogens is 242 g/mol. The number of fused-ring (bicyclic) bond motifs is 1. The zero-order chi connectivity index (χ0) is 13.8. The van der Waals surface area contributed by atoms with Gasteiger partial charge in [0.15, 0.2) is 6.61 Å². The molecule has 1 aromatic heterocycles. The number of nitrogens with one attached hydrogen (secondary N) is 1. The van der Waals surface area contributed by atoms with Gasteiger partial charge in [-0.15, -0.1) is 0 Å². The van der Waals surface area contributed by atoms with Crippen molar-refractivity contribution in [1.82, 2.24) is 14.9 Å². The summed E-state index contributed by atoms with van der Waals surface area (Å²) < 4.78 is 7.60. The van der Waals surface area contributed by atoms with Crippen LogP contribution in [-0.4, -0.2) is 28.6 Å². The van der Waals surface area contributed by atoms with Crippen molar-refractivity contribution in [2.45, 2.75) is 27.3 Å². The van der Waals surface area contributed by atoms with E-state index in [1.54, 1.807) is 0 Å². The van der Waals surface area contributed by atoms with E-state index in [1.165, 1.54) is 0 Å². The second-order valence-electron chi connectivity index (χ2n) is 4.30. The molecule has 0 fully saturated rings. The lowest BCUT2D eigenvalue weighted by molar-refractivity contribution is -0.122. The van der Waals surface area contributed by atoms with E-state index in [0.29, 0.717) is 12.3 Å². The van der Waals surface area contributed by atoms with Gasteiger partial charge >= 0.3 is 0 Å². The minimum atomic E-state index is -0.109. The van der Waals surface area contributed by atoms with Crippen LogP contribution in [0.5, 0.6) is 5.75 Å². The summed E-state index contributed by atoms with van der Waals surface area (Å²) in [6.45, 7) is 7.46. The molecule has 1 N–H and O–H groups in total. The van der Waals surface area contributed by atoms with Crippen molar-refractivity contribution in [1.29, 1.82) is 0 Å². The summed E-state index contributed by atoms with van der Waals surface area (Å²) in [5.41, 5.74) is 1.98. The Morgan fingerprint density at radius 2 is 2.21 bits per heavy atom. The SMILES string of the molecule is CCNC(=O)COc1ccc2nc(C)n(CC)c2c1. The standard InChI is InChI=1S/C14H19N3O2/c1-4-15-14(18)9-19-11-6-7-12-13(8-11)17(5-2)10(3)16-12/h6-8H,4-5,9H2,1-3H3,(H,15,18). The number of imidazole rings is 1. The molecule has 102 valence electrons. The first-order valence-corrected chi connectivity index (χ1v) is 6.52. The fraction of sp³-hybridized carbons (Fsp3) is 0.429. The van der Waals surface area contributed by atoms with Crippen molar-refractivity contribution in [2.24, 2.45) is 0 Å². The highest BCUT2D eigenvalue weighted by Crippen LogP contribution is 2.21. The van der Waals surface area contributed by atoms with E-state index >= 15 is 0 Å². The summed E-state index contributed by atoms with van der Waals surface area (Å²) in [5.74, 6) is 1.56. The van der Waals surface area contributed by atoms with Crippen molar-refractivity contribution in [3.05, 3.63) is 24.0 Å². The Kier molecular flexibility index (Phi) is 4.04. The number of nitrogens with zero attached hydrogens (tertiary/aromatic N) is 2. The Morgan fingerprint density at radius 1 is 1.42 bits per heavy atom. The molecule has 0 unspecified atom stereocenters. The average Bonchev–Trinajstić information content (AvgIpc) is 2.71. The Hall–Kier alpha value is -2.04. The first-order valence-electron chi connectivity index (χ1n) is 6.52. The van der Waals surface area contributed by atoms with Crippen LogP contribution < -0.4 is 10.1 Å². The molecule has 0 bridgehead atoms. The lowest BCUT2D eigenvalue weighted by Gasteiger charge is -2.07. The van der Waals surface area contributed by atoms with E-state index in [9.17, 15) is 4.79 Å². The van der Waals surface area contributed by atoms with Crippen LogP contribution in [0.3, 0.4) is 0 Å². The summed E-state index contributed by atoms with van der Waals surface area (Å²) >= 11 is 0. The van der Waals surface area contributed by atoms with Gasteiger partial charge in [0.1, 0.15) is 11.6 Å². The molecule has 1 heterocycles. The average molecular weight is 261 g/mol. The highest BCUT2D eigenvalue weighted by molar-refractivity contribution is 5.79. The van der Waals surface area contributed by atoms with E-state index in [4.69, 9.17) is 4.74 Å². The molecule has 0 saturated carbocycles. The van der Waals surface area contributed by atoms with Crippen LogP contribution in [0.1, 0.15) is 19.7 Å². The van der Waals surface area contributed by atoms with Gasteiger partial charge in [0.25, 0.3) is 5.91 Å². The summed E-state index contributed by atoms with van der Waals surface area (Å²) in [4.78, 5) is 15.8. The molecule has 19 heavy (non-hydrogen) atoms. The third-order valence-electron chi connectivity index (χ3n) is 2.97. The molecule has 2 rings (SSSR count). The Balaban J connectivity index is 2.19. The van der Waals surface area contributed by atoms with Crippen LogP contribution in [0.25, 0.3) is 11.0 Å². The number of rotatable bonds is 5. The van der Waals surface area contributed by atoms with Gasteiger partial charge in [-0.3, -0.25) is 4.79 Å². The van der Waals surface area contributed by atoms with Gasteiger partial charge in [0, 0.05) is 19.2 Å². The zero-order valence-corrected chi connectivity index (χ0v) is 11.6. The van der Waals surface area contributed by atoms with E-state index < -0.39 is 0 Å². The van der Waals surface area contributed by atoms with Crippen LogP contribution in [0.4, 0.5) is 0 Å². The quantitative estimate of drug-likeness (QED) is 0.894. The minimum Gasteiger partial charge on any atom is -0.484 e. The van der Waals surface area contributed by atoms with Gasteiger partial charge in [-0.2, -0.15) is 0 Å². The van der Waals surface area contributed by atoms with Crippen LogP contribution in [0.2, 0.25) is 0 Å². The number of aromatic nitrogens is 2. The molecule has 1 amide bonds. The lowest BCUT2D eigenvalue weighted by Crippen LogP contribution is -2.28. The molecule has 5 nitrogen and oxygen atoms in total. The second-order valence-corrected chi connectivity index (χ2v) is 4.30. The zero-order valence-electron chi connectivity index (χ0n) is 11.6. The molecule has 0 saturated heterocycles. The van der Waals surface area contributed by atoms with Gasteiger partial charge in [0.05, 0.1) is 11.0 Å². The van der Waals surface area contributed by atoms with Crippen molar-refractivity contribution in [2.75, 3.05) is 13.2 Å². The molecule has 0 aliphatic rings. The topological polar surface area (TPSA) is 56.1 Å². The van der Waals surface area contributed by atoms with Crippen molar-refractivity contribution >= 4 is 16.9 Å². The molecule has 0 aliphatic heterocycles. The van der Waals surface area contributed by atoms with E-state index in [1.807, 2.05) is 32.0 Å². The normalized spacial score (nSPS) is 10.7. The second kappa shape index (κ2) is 5.73. The molecule has 2 aromatic rings. The van der Waals surface area contributed by atoms with Crippen LogP contribution in [-0.2, 0) is 11.3 Å². The number of carbonyl (C=O) groups excluding carboxylic acids is 1. The van der Waals surface area contributed by atoms with Gasteiger partial charge in [-0.05, 0) is 32.9 Å². The van der Waals surface area contributed by atoms with Crippen molar-refractivity contribution in [3.63, 3.8) is 0 Å². The number of amides is 1. The number of ether oxygens (including phenoxy) is 1. The third kappa shape index (κ3) is 2.86. The minimum absolute atomic E-state index is 0.0403. The van der Waals surface area contributed by atoms with Gasteiger partial charge in [0.2, 0.25) is 0 Å². The predicted molar refractivity (Wildman–Crippen MR) is 74.3 cm³/mol. The molecule has 5 heteroatoms. The maximum absolute atomic E-state index is 11.4. The first kappa shape index (κ1) is 13.4. The van der Waals surface area contributed by atoms with Gasteiger partial charge < -0.3 is 14.6 Å². The molecule has 0 aliphatic carbocycles. The fourth-order valence-electron chi connectivity index (χ4n) is 2.11. The largest absolute Gasteiger partial charge is 0.484 e. The predicted octanol–water partition coefficient (Wildman–Crippen LogP) is 1.88. The Bertz CT molecular complexity index is 590. The number of likely N-dealkylation sites (N-methyl/N-ethyl adjacent to an activating group) is 1. The van der Waals surface area contributed by atoms with E-state index in [2.05, 4.69) is 21.8 Å². The number of carbonyl (C=O) groups is 1. The highest BCUT2D eigenvalue weighted by Gasteiger charge is 2.08. The van der Waals surface area contributed by atoms with Gasteiger partial charge in [-0.25, -0.2) is 4.98 Å². The molecular formula is C14H19N3O2. The monoisotopic (exact) mass is 261 g/mol. The van der Waals surface area contributed by atoms with E-state index in [-0.39, 0.29) is 12.5 Å². The number of hydrogen-bond acceptors (Lipinski definition) is 3. The summed E-state index contributed by atoms with van der Waals surface area (Å²) in [5, 5.41) is 2.70. The summed E-state index contributed by atoms with van der Waals surface area (Å²) in [6.07, 6.45) is 0. The first-order chi connectivity index (χ1) is 9.15. The molecule has 0 spiro atoms. The Labute approximate surface area is 112 Å². The maximum atomic E-state index is 11.4.